The molecule has 0 bridgehead atoms. The lowest BCUT2D eigenvalue weighted by atomic mass is 10.1. The lowest BCUT2D eigenvalue weighted by molar-refractivity contribution is 0.736. The molecule has 0 amide bonds. The second-order valence-corrected chi connectivity index (χ2v) is 6.10. The van der Waals surface area contributed by atoms with Gasteiger partial charge in [0.15, 0.2) is 0 Å². The third-order valence-electron chi connectivity index (χ3n) is 3.00. The molecule has 2 rings (SSSR count). The van der Waals surface area contributed by atoms with Crippen molar-refractivity contribution in [3.63, 3.8) is 0 Å². The normalized spacial score (nSPS) is 12.7. The number of hydrogen-bond acceptors (Lipinski definition) is 2. The van der Waals surface area contributed by atoms with Crippen LogP contribution in [-0.4, -0.2) is 15.8 Å². The van der Waals surface area contributed by atoms with Gasteiger partial charge in [-0.25, -0.2) is 4.68 Å². The minimum absolute atomic E-state index is 0.154. The second kappa shape index (κ2) is 5.65. The molecule has 1 aromatic heterocycles. The minimum Gasteiger partial charge on any atom is -0.328 e. The molecule has 0 aliphatic rings. The van der Waals surface area contributed by atoms with Crippen LogP contribution in [0.1, 0.15) is 23.9 Å². The highest BCUT2D eigenvalue weighted by atomic mass is 79.9. The van der Waals surface area contributed by atoms with Gasteiger partial charge in [0, 0.05) is 10.5 Å². The number of benzene rings is 1. The summed E-state index contributed by atoms with van der Waals surface area (Å²) >= 11 is 9.78. The van der Waals surface area contributed by atoms with Gasteiger partial charge < -0.3 is 5.73 Å². The van der Waals surface area contributed by atoms with Crippen LogP contribution in [0, 0.1) is 13.8 Å². The highest BCUT2D eigenvalue weighted by Crippen LogP contribution is 2.27. The summed E-state index contributed by atoms with van der Waals surface area (Å²) in [6.07, 6.45) is 0.858. The Morgan fingerprint density at radius 1 is 1.42 bits per heavy atom. The van der Waals surface area contributed by atoms with Crippen LogP contribution in [0.5, 0.6) is 0 Å². The second-order valence-electron chi connectivity index (χ2n) is 4.86. The van der Waals surface area contributed by atoms with Crippen LogP contribution in [0.15, 0.2) is 22.7 Å². The van der Waals surface area contributed by atoms with Gasteiger partial charge in [-0.2, -0.15) is 5.10 Å². The Balaban J connectivity index is 2.43. The molecule has 1 atom stereocenters. The molecule has 1 aromatic carbocycles. The fourth-order valence-electron chi connectivity index (χ4n) is 2.08. The fraction of sp³-hybridized carbons (Fsp3) is 0.357. The van der Waals surface area contributed by atoms with Gasteiger partial charge in [-0.15, -0.1) is 0 Å². The summed E-state index contributed by atoms with van der Waals surface area (Å²) in [6.45, 7) is 5.87. The van der Waals surface area contributed by atoms with Crippen LogP contribution in [0.25, 0.3) is 5.69 Å². The average molecular weight is 343 g/mol. The molecule has 19 heavy (non-hydrogen) atoms. The maximum atomic E-state index is 6.19. The lowest BCUT2D eigenvalue weighted by Gasteiger charge is -2.10. The molecule has 2 N–H and O–H groups in total. The third kappa shape index (κ3) is 3.02. The van der Waals surface area contributed by atoms with Gasteiger partial charge in [0.05, 0.1) is 22.1 Å². The molecular formula is C14H17BrClN3. The van der Waals surface area contributed by atoms with E-state index in [0.717, 1.165) is 28.0 Å². The number of aromatic nitrogens is 2. The van der Waals surface area contributed by atoms with E-state index in [1.165, 1.54) is 5.56 Å². The Hall–Kier alpha value is -0.840. The Morgan fingerprint density at radius 3 is 2.58 bits per heavy atom. The first kappa shape index (κ1) is 14.6. The number of halogens is 2. The molecule has 0 fully saturated rings. The standard InChI is InChI=1S/C14H17BrClN3/c1-8(17)6-11-4-5-13(12(15)7-11)19-10(3)14(16)9(2)18-19/h4-5,7-8H,6,17H2,1-3H3. The van der Waals surface area contributed by atoms with Gasteiger partial charge in [0.25, 0.3) is 0 Å². The zero-order chi connectivity index (χ0) is 14.2. The largest absolute Gasteiger partial charge is 0.328 e. The van der Waals surface area contributed by atoms with Crippen molar-refractivity contribution in [1.29, 1.82) is 0 Å². The predicted octanol–water partition coefficient (Wildman–Crippen LogP) is 3.79. The Kier molecular flexibility index (Phi) is 4.33. The summed E-state index contributed by atoms with van der Waals surface area (Å²) in [6, 6.07) is 6.36. The minimum atomic E-state index is 0.154. The molecule has 0 saturated carbocycles. The zero-order valence-corrected chi connectivity index (χ0v) is 13.6. The molecule has 0 aliphatic carbocycles. The SMILES string of the molecule is Cc1nn(-c2ccc(CC(C)N)cc2Br)c(C)c1Cl. The molecule has 0 saturated heterocycles. The first-order chi connectivity index (χ1) is 8.90. The molecule has 0 spiro atoms. The van der Waals surface area contributed by atoms with E-state index in [9.17, 15) is 0 Å². The first-order valence-electron chi connectivity index (χ1n) is 6.16. The average Bonchev–Trinajstić information content (AvgIpc) is 2.56. The van der Waals surface area contributed by atoms with Crippen molar-refractivity contribution in [2.45, 2.75) is 33.2 Å². The van der Waals surface area contributed by atoms with E-state index in [-0.39, 0.29) is 6.04 Å². The monoisotopic (exact) mass is 341 g/mol. The van der Waals surface area contributed by atoms with E-state index >= 15 is 0 Å². The van der Waals surface area contributed by atoms with Gasteiger partial charge in [-0.05, 0) is 60.8 Å². The van der Waals surface area contributed by atoms with Crippen molar-refractivity contribution in [1.82, 2.24) is 9.78 Å². The lowest BCUT2D eigenvalue weighted by Crippen LogP contribution is -2.17. The van der Waals surface area contributed by atoms with Crippen LogP contribution in [0.2, 0.25) is 5.02 Å². The number of nitrogens with two attached hydrogens (primary N) is 1. The van der Waals surface area contributed by atoms with Crippen molar-refractivity contribution in [3.05, 3.63) is 44.6 Å². The van der Waals surface area contributed by atoms with Gasteiger partial charge in [0.1, 0.15) is 0 Å². The maximum absolute atomic E-state index is 6.19. The first-order valence-corrected chi connectivity index (χ1v) is 7.33. The van der Waals surface area contributed by atoms with Crippen molar-refractivity contribution in [3.8, 4) is 5.69 Å². The van der Waals surface area contributed by atoms with Crippen LogP contribution in [0.4, 0.5) is 0 Å². The number of hydrogen-bond donors (Lipinski definition) is 1. The van der Waals surface area contributed by atoms with Crippen LogP contribution in [-0.2, 0) is 6.42 Å². The van der Waals surface area contributed by atoms with Gasteiger partial charge in [-0.1, -0.05) is 17.7 Å². The van der Waals surface area contributed by atoms with Crippen molar-refractivity contribution < 1.29 is 0 Å². The quantitative estimate of drug-likeness (QED) is 0.922. The van der Waals surface area contributed by atoms with Crippen molar-refractivity contribution in [2.24, 2.45) is 5.73 Å². The van der Waals surface area contributed by atoms with Crippen LogP contribution >= 0.6 is 27.5 Å². The molecule has 2 aromatic rings. The highest BCUT2D eigenvalue weighted by molar-refractivity contribution is 9.10. The van der Waals surface area contributed by atoms with Gasteiger partial charge in [-0.3, -0.25) is 0 Å². The van der Waals surface area contributed by atoms with E-state index in [2.05, 4.69) is 33.2 Å². The molecular weight excluding hydrogens is 326 g/mol. The molecule has 1 heterocycles. The van der Waals surface area contributed by atoms with E-state index in [0.29, 0.717) is 5.02 Å². The van der Waals surface area contributed by atoms with Gasteiger partial charge in [0.2, 0.25) is 0 Å². The molecule has 0 aliphatic heterocycles. The third-order valence-corrected chi connectivity index (χ3v) is 4.18. The van der Waals surface area contributed by atoms with E-state index in [1.54, 1.807) is 0 Å². The van der Waals surface area contributed by atoms with Crippen LogP contribution < -0.4 is 5.73 Å². The molecule has 5 heteroatoms. The Bertz CT molecular complexity index is 605. The molecule has 102 valence electrons. The maximum Gasteiger partial charge on any atom is 0.0848 e. The van der Waals surface area contributed by atoms with E-state index < -0.39 is 0 Å². The van der Waals surface area contributed by atoms with Crippen molar-refractivity contribution >= 4 is 27.5 Å². The molecule has 3 nitrogen and oxygen atoms in total. The number of nitrogens with zero attached hydrogens (tertiary/aromatic N) is 2. The fourth-order valence-corrected chi connectivity index (χ4v) is 2.79. The van der Waals surface area contributed by atoms with Gasteiger partial charge >= 0.3 is 0 Å². The summed E-state index contributed by atoms with van der Waals surface area (Å²) in [5.74, 6) is 0. The van der Waals surface area contributed by atoms with E-state index in [4.69, 9.17) is 17.3 Å². The number of aryl methyl sites for hydroxylation is 1. The smallest absolute Gasteiger partial charge is 0.0848 e. The van der Waals surface area contributed by atoms with E-state index in [1.807, 2.05) is 31.5 Å². The molecule has 0 radical (unpaired) electrons. The highest BCUT2D eigenvalue weighted by Gasteiger charge is 2.13. The summed E-state index contributed by atoms with van der Waals surface area (Å²) < 4.78 is 2.85. The molecule has 1 unspecified atom stereocenters. The Labute approximate surface area is 126 Å². The van der Waals surface area contributed by atoms with Crippen molar-refractivity contribution in [2.75, 3.05) is 0 Å². The summed E-state index contributed by atoms with van der Waals surface area (Å²) in [7, 11) is 0. The number of rotatable bonds is 3. The van der Waals surface area contributed by atoms with Crippen LogP contribution in [0.3, 0.4) is 0 Å². The Morgan fingerprint density at radius 2 is 2.11 bits per heavy atom. The zero-order valence-electron chi connectivity index (χ0n) is 11.2. The summed E-state index contributed by atoms with van der Waals surface area (Å²) in [5, 5.41) is 5.18. The topological polar surface area (TPSA) is 43.8 Å². The summed E-state index contributed by atoms with van der Waals surface area (Å²) in [4.78, 5) is 0. The predicted molar refractivity (Wildman–Crippen MR) is 83.1 cm³/mol. The summed E-state index contributed by atoms with van der Waals surface area (Å²) in [5.41, 5.74) is 9.80.